The molecule has 0 fully saturated rings. The molecule has 3 aliphatic rings. The highest BCUT2D eigenvalue weighted by atomic mass is 35.5. The normalized spacial score (nSPS) is 22.4. The summed E-state index contributed by atoms with van der Waals surface area (Å²) >= 11 is 6.05. The highest BCUT2D eigenvalue weighted by Crippen LogP contribution is 2.49. The molecule has 1 amide bonds. The zero-order chi connectivity index (χ0) is 21.0. The smallest absolute Gasteiger partial charge is 0.232 e. The molecule has 0 spiro atoms. The summed E-state index contributed by atoms with van der Waals surface area (Å²) in [6.07, 6.45) is 1.35. The van der Waals surface area contributed by atoms with Crippen LogP contribution in [0.2, 0.25) is 5.02 Å². The highest BCUT2D eigenvalue weighted by molar-refractivity contribution is 6.30. The molecular formula is C24H22ClNO4. The number of hydrogen-bond donors (Lipinski definition) is 0. The summed E-state index contributed by atoms with van der Waals surface area (Å²) in [6.45, 7) is 4.33. The Morgan fingerprint density at radius 1 is 1.00 bits per heavy atom. The van der Waals surface area contributed by atoms with E-state index >= 15 is 0 Å². The Balaban J connectivity index is 1.65. The van der Waals surface area contributed by atoms with Crippen LogP contribution < -0.4 is 14.4 Å². The van der Waals surface area contributed by atoms with Crippen LogP contribution in [0.1, 0.15) is 44.6 Å². The molecule has 1 atom stereocenters. The van der Waals surface area contributed by atoms with E-state index in [1.54, 1.807) is 17.0 Å². The molecule has 0 saturated carbocycles. The largest absolute Gasteiger partial charge is 0.454 e. The van der Waals surface area contributed by atoms with Crippen molar-refractivity contribution in [2.75, 3.05) is 11.7 Å². The molecule has 2 aliphatic heterocycles. The first kappa shape index (κ1) is 19.2. The lowest BCUT2D eigenvalue weighted by Crippen LogP contribution is -2.43. The summed E-state index contributed by atoms with van der Waals surface area (Å²) in [5.41, 5.74) is 2.98. The number of rotatable bonds is 2. The number of nitrogens with zero attached hydrogens (tertiary/aromatic N) is 1. The molecule has 1 unspecified atom stereocenters. The summed E-state index contributed by atoms with van der Waals surface area (Å²) in [4.78, 5) is 28.4. The molecule has 0 bridgehead atoms. The van der Waals surface area contributed by atoms with Crippen LogP contribution in [0, 0.1) is 5.41 Å². The van der Waals surface area contributed by atoms with E-state index in [4.69, 9.17) is 21.1 Å². The fraction of sp³-hybridized carbons (Fsp3) is 0.333. The van der Waals surface area contributed by atoms with Crippen LogP contribution in [0.25, 0.3) is 0 Å². The number of carbonyl (C=O) groups excluding carboxylic acids is 2. The van der Waals surface area contributed by atoms with Crippen LogP contribution in [-0.4, -0.2) is 18.5 Å². The molecule has 0 N–H and O–H groups in total. The van der Waals surface area contributed by atoms with Gasteiger partial charge >= 0.3 is 0 Å². The highest BCUT2D eigenvalue weighted by Gasteiger charge is 2.44. The lowest BCUT2D eigenvalue weighted by Gasteiger charge is -2.43. The minimum atomic E-state index is -0.283. The predicted molar refractivity (Wildman–Crippen MR) is 114 cm³/mol. The summed E-state index contributed by atoms with van der Waals surface area (Å²) in [5.74, 6) is 1.15. The van der Waals surface area contributed by atoms with Gasteiger partial charge in [0, 0.05) is 40.7 Å². The standard InChI is InChI=1S/C24H22ClNO4/c1-24(2)11-18-23(19(27)12-24)17(14-3-8-20-21(9-14)30-13-29-20)10-22(28)26(18)16-6-4-15(25)5-7-16/h3-9,17H,10-13H2,1-2H3. The van der Waals surface area contributed by atoms with Crippen LogP contribution in [0.4, 0.5) is 5.69 Å². The fourth-order valence-electron chi connectivity index (χ4n) is 4.72. The summed E-state index contributed by atoms with van der Waals surface area (Å²) in [6, 6.07) is 12.9. The number of Topliss-reactive ketones (excluding diaryl/α,β-unsaturated/α-hetero) is 1. The van der Waals surface area contributed by atoms with E-state index in [1.165, 1.54) is 0 Å². The number of hydrogen-bond acceptors (Lipinski definition) is 4. The molecule has 154 valence electrons. The molecule has 2 aromatic carbocycles. The molecule has 6 heteroatoms. The van der Waals surface area contributed by atoms with E-state index < -0.39 is 0 Å². The van der Waals surface area contributed by atoms with Gasteiger partial charge in [-0.05, 0) is 53.8 Å². The van der Waals surface area contributed by atoms with Crippen molar-refractivity contribution in [3.05, 3.63) is 64.3 Å². The number of ketones is 1. The molecule has 5 nitrogen and oxygen atoms in total. The summed E-state index contributed by atoms with van der Waals surface area (Å²) in [5, 5.41) is 0.607. The van der Waals surface area contributed by atoms with Gasteiger partial charge in [-0.3, -0.25) is 14.5 Å². The Morgan fingerprint density at radius 3 is 2.50 bits per heavy atom. The Bertz CT molecular complexity index is 1090. The van der Waals surface area contributed by atoms with Gasteiger partial charge in [0.15, 0.2) is 17.3 Å². The predicted octanol–water partition coefficient (Wildman–Crippen LogP) is 5.23. The number of anilines is 1. The van der Waals surface area contributed by atoms with E-state index in [0.29, 0.717) is 29.4 Å². The molecule has 0 aromatic heterocycles. The number of amides is 1. The average molecular weight is 424 g/mol. The van der Waals surface area contributed by atoms with Gasteiger partial charge in [-0.1, -0.05) is 31.5 Å². The van der Waals surface area contributed by atoms with Crippen LogP contribution in [-0.2, 0) is 9.59 Å². The molecule has 1 aliphatic carbocycles. The van der Waals surface area contributed by atoms with Gasteiger partial charge in [0.2, 0.25) is 12.7 Å². The third kappa shape index (κ3) is 3.18. The van der Waals surface area contributed by atoms with Crippen LogP contribution in [0.5, 0.6) is 11.5 Å². The zero-order valence-corrected chi connectivity index (χ0v) is 17.7. The Hall–Kier alpha value is -2.79. The van der Waals surface area contributed by atoms with Gasteiger partial charge < -0.3 is 9.47 Å². The van der Waals surface area contributed by atoms with Crippen molar-refractivity contribution in [2.45, 2.75) is 39.0 Å². The maximum absolute atomic E-state index is 13.4. The third-order valence-corrected chi connectivity index (χ3v) is 6.28. The van der Waals surface area contributed by atoms with Gasteiger partial charge in [-0.2, -0.15) is 0 Å². The van der Waals surface area contributed by atoms with Gasteiger partial charge in [0.1, 0.15) is 0 Å². The molecule has 30 heavy (non-hydrogen) atoms. The average Bonchev–Trinajstić information content (AvgIpc) is 3.15. The van der Waals surface area contributed by atoms with Crippen molar-refractivity contribution < 1.29 is 19.1 Å². The van der Waals surface area contributed by atoms with Crippen LogP contribution >= 0.6 is 11.6 Å². The van der Waals surface area contributed by atoms with E-state index in [-0.39, 0.29) is 36.2 Å². The molecule has 0 radical (unpaired) electrons. The molecule has 0 saturated heterocycles. The number of fused-ring (bicyclic) bond motifs is 1. The topological polar surface area (TPSA) is 55.8 Å². The van der Waals surface area contributed by atoms with Crippen molar-refractivity contribution in [2.24, 2.45) is 5.41 Å². The first-order valence-corrected chi connectivity index (χ1v) is 10.4. The Kier molecular flexibility index (Phi) is 4.40. The second-order valence-corrected chi connectivity index (χ2v) is 9.31. The van der Waals surface area contributed by atoms with E-state index in [1.807, 2.05) is 30.3 Å². The number of halogens is 1. The minimum Gasteiger partial charge on any atom is -0.454 e. The van der Waals surface area contributed by atoms with Crippen LogP contribution in [0.15, 0.2) is 53.7 Å². The lowest BCUT2D eigenvalue weighted by molar-refractivity contribution is -0.121. The van der Waals surface area contributed by atoms with Gasteiger partial charge in [0.05, 0.1) is 0 Å². The number of ether oxygens (including phenoxy) is 2. The molecule has 2 aromatic rings. The fourth-order valence-corrected chi connectivity index (χ4v) is 4.85. The van der Waals surface area contributed by atoms with Crippen molar-refractivity contribution in [1.82, 2.24) is 0 Å². The number of carbonyl (C=O) groups is 2. The SMILES string of the molecule is CC1(C)CC(=O)C2=C(C1)N(c1ccc(Cl)cc1)C(=O)CC2c1ccc2c(c1)OCO2. The van der Waals surface area contributed by atoms with Crippen molar-refractivity contribution >= 4 is 29.0 Å². The molecular weight excluding hydrogens is 402 g/mol. The van der Waals surface area contributed by atoms with Crippen molar-refractivity contribution in [3.8, 4) is 11.5 Å². The second kappa shape index (κ2) is 6.88. The van der Waals surface area contributed by atoms with E-state index in [9.17, 15) is 9.59 Å². The molecule has 5 rings (SSSR count). The number of allylic oxidation sites excluding steroid dienone is 2. The van der Waals surface area contributed by atoms with Gasteiger partial charge in [0.25, 0.3) is 0 Å². The maximum atomic E-state index is 13.4. The summed E-state index contributed by atoms with van der Waals surface area (Å²) < 4.78 is 10.9. The zero-order valence-electron chi connectivity index (χ0n) is 16.9. The van der Waals surface area contributed by atoms with E-state index in [2.05, 4.69) is 13.8 Å². The Morgan fingerprint density at radius 2 is 1.73 bits per heavy atom. The lowest BCUT2D eigenvalue weighted by atomic mass is 9.69. The maximum Gasteiger partial charge on any atom is 0.232 e. The quantitative estimate of drug-likeness (QED) is 0.663. The minimum absolute atomic E-state index is 0.0239. The van der Waals surface area contributed by atoms with Crippen molar-refractivity contribution in [3.63, 3.8) is 0 Å². The summed E-state index contributed by atoms with van der Waals surface area (Å²) in [7, 11) is 0. The number of benzene rings is 2. The molecule has 2 heterocycles. The first-order chi connectivity index (χ1) is 14.3. The van der Waals surface area contributed by atoms with Gasteiger partial charge in [-0.25, -0.2) is 0 Å². The van der Waals surface area contributed by atoms with Crippen molar-refractivity contribution in [1.29, 1.82) is 0 Å². The first-order valence-electron chi connectivity index (χ1n) is 10.1. The van der Waals surface area contributed by atoms with Crippen LogP contribution in [0.3, 0.4) is 0 Å². The second-order valence-electron chi connectivity index (χ2n) is 8.88. The van der Waals surface area contributed by atoms with Gasteiger partial charge in [-0.15, -0.1) is 0 Å². The van der Waals surface area contributed by atoms with E-state index in [0.717, 1.165) is 22.5 Å². The monoisotopic (exact) mass is 423 g/mol. The Labute approximate surface area is 180 Å². The third-order valence-electron chi connectivity index (χ3n) is 6.03.